The predicted molar refractivity (Wildman–Crippen MR) is 45.1 cm³/mol. The van der Waals surface area contributed by atoms with Crippen LogP contribution in [-0.2, 0) is 0 Å². The Balaban J connectivity index is 0. The number of hydrogen-bond acceptors (Lipinski definition) is 6. The maximum Gasteiger partial charge on any atom is 0.106 e. The van der Waals surface area contributed by atoms with E-state index < -0.39 is 12.5 Å². The van der Waals surface area contributed by atoms with Gasteiger partial charge in [-0.25, -0.2) is 5.90 Å². The van der Waals surface area contributed by atoms with Crippen molar-refractivity contribution in [3.8, 4) is 0 Å². The summed E-state index contributed by atoms with van der Waals surface area (Å²) < 4.78 is 0. The van der Waals surface area contributed by atoms with Gasteiger partial charge in [0.15, 0.2) is 0 Å². The van der Waals surface area contributed by atoms with E-state index >= 15 is 0 Å². The van der Waals surface area contributed by atoms with Gasteiger partial charge in [0.2, 0.25) is 0 Å². The van der Waals surface area contributed by atoms with E-state index in [1.54, 1.807) is 13.8 Å². The maximum absolute atomic E-state index is 9.02. The molecule has 12 heavy (non-hydrogen) atoms. The molecular weight excluding hydrogens is 162 g/mol. The topological polar surface area (TPSA) is 116 Å². The average molecular weight is 181 g/mol. The van der Waals surface area contributed by atoms with Crippen LogP contribution in [0.15, 0.2) is 0 Å². The summed E-state index contributed by atoms with van der Waals surface area (Å²) in [5, 5.41) is 24.5. The summed E-state index contributed by atoms with van der Waals surface area (Å²) in [6.07, 6.45) is -1.27. The second-order valence-corrected chi connectivity index (χ2v) is 2.29. The molecule has 0 aliphatic heterocycles. The lowest BCUT2D eigenvalue weighted by Gasteiger charge is -2.27. The van der Waals surface area contributed by atoms with E-state index in [1.165, 1.54) is 4.90 Å². The van der Waals surface area contributed by atoms with Gasteiger partial charge in [0.25, 0.3) is 0 Å². The van der Waals surface area contributed by atoms with Crippen LogP contribution in [0.4, 0.5) is 0 Å². The van der Waals surface area contributed by atoms with Crippen molar-refractivity contribution in [3.05, 3.63) is 0 Å². The van der Waals surface area contributed by atoms with Crippen LogP contribution in [-0.4, -0.2) is 45.9 Å². The lowest BCUT2D eigenvalue weighted by Crippen LogP contribution is -2.42. The molecule has 6 heteroatoms. The predicted octanol–water partition coefficient (Wildman–Crippen LogP) is -1.74. The van der Waals surface area contributed by atoms with Gasteiger partial charge in [-0.05, 0) is 13.8 Å². The van der Waals surface area contributed by atoms with Gasteiger partial charge in [0, 0.05) is 13.1 Å². The molecule has 76 valence electrons. The summed E-state index contributed by atoms with van der Waals surface area (Å²) in [6.45, 7) is 4.15. The Hall–Kier alpha value is -0.240. The van der Waals surface area contributed by atoms with Crippen molar-refractivity contribution >= 4 is 0 Å². The third-order valence-electron chi connectivity index (χ3n) is 1.35. The Labute approximate surface area is 72.3 Å². The molecule has 0 saturated heterocycles. The summed E-state index contributed by atoms with van der Waals surface area (Å²) >= 11 is 0. The first-order chi connectivity index (χ1) is 5.59. The standard InChI is InChI=1S/C6H16N2O2.H3NO/c1-5(9)8(4-3-7)6(2)10;1-2/h5-6,9-10H,3-4,7H2,1-2H3;2H,1H2. The van der Waals surface area contributed by atoms with Crippen LogP contribution >= 0.6 is 0 Å². The van der Waals surface area contributed by atoms with E-state index in [2.05, 4.69) is 5.90 Å². The first kappa shape index (κ1) is 14.3. The van der Waals surface area contributed by atoms with Crippen LogP contribution < -0.4 is 11.6 Å². The lowest BCUT2D eigenvalue weighted by molar-refractivity contribution is -0.0818. The Bertz CT molecular complexity index is 82.1. The van der Waals surface area contributed by atoms with Crippen molar-refractivity contribution in [2.45, 2.75) is 26.3 Å². The first-order valence-corrected chi connectivity index (χ1v) is 3.67. The Morgan fingerprint density at radius 1 is 1.17 bits per heavy atom. The van der Waals surface area contributed by atoms with Gasteiger partial charge in [0.05, 0.1) is 0 Å². The molecule has 0 aromatic carbocycles. The molecule has 0 aromatic heterocycles. The van der Waals surface area contributed by atoms with Crippen LogP contribution in [0.1, 0.15) is 13.8 Å². The van der Waals surface area contributed by atoms with Gasteiger partial charge in [-0.2, -0.15) is 0 Å². The number of hydrogen-bond donors (Lipinski definition) is 5. The lowest BCUT2D eigenvalue weighted by atomic mass is 10.4. The number of aliphatic hydroxyl groups is 2. The molecule has 0 fully saturated rings. The molecule has 0 heterocycles. The van der Waals surface area contributed by atoms with E-state index in [4.69, 9.17) is 21.2 Å². The molecular formula is C6H19N3O3. The SMILES string of the molecule is CC(O)N(CCN)C(C)O.NO. The molecule has 0 aliphatic rings. The Morgan fingerprint density at radius 3 is 1.58 bits per heavy atom. The van der Waals surface area contributed by atoms with E-state index in [0.29, 0.717) is 13.1 Å². The fraction of sp³-hybridized carbons (Fsp3) is 1.00. The van der Waals surface area contributed by atoms with Crippen molar-refractivity contribution in [2.24, 2.45) is 11.6 Å². The zero-order valence-electron chi connectivity index (χ0n) is 7.51. The molecule has 7 N–H and O–H groups in total. The van der Waals surface area contributed by atoms with E-state index in [9.17, 15) is 0 Å². The average Bonchev–Trinajstić information content (AvgIpc) is 2.03. The normalized spacial score (nSPS) is 15.0. The van der Waals surface area contributed by atoms with Crippen LogP contribution in [0, 0.1) is 0 Å². The summed E-state index contributed by atoms with van der Waals surface area (Å²) in [4.78, 5) is 1.50. The minimum atomic E-state index is -0.636. The third-order valence-corrected chi connectivity index (χ3v) is 1.35. The second-order valence-electron chi connectivity index (χ2n) is 2.29. The summed E-state index contributed by atoms with van der Waals surface area (Å²) in [7, 11) is 0. The minimum absolute atomic E-state index is 0.440. The van der Waals surface area contributed by atoms with Crippen molar-refractivity contribution < 1.29 is 15.4 Å². The monoisotopic (exact) mass is 181 g/mol. The fourth-order valence-electron chi connectivity index (χ4n) is 0.835. The molecule has 0 rings (SSSR count). The number of nitrogens with zero attached hydrogens (tertiary/aromatic N) is 1. The zero-order valence-corrected chi connectivity index (χ0v) is 7.51. The van der Waals surface area contributed by atoms with Gasteiger partial charge in [0.1, 0.15) is 12.5 Å². The minimum Gasteiger partial charge on any atom is -0.379 e. The molecule has 0 radical (unpaired) electrons. The molecule has 0 spiro atoms. The van der Waals surface area contributed by atoms with Gasteiger partial charge in [-0.1, -0.05) is 0 Å². The van der Waals surface area contributed by atoms with Gasteiger partial charge in [-0.15, -0.1) is 0 Å². The summed E-state index contributed by atoms with van der Waals surface area (Å²) in [6, 6.07) is 0. The quantitative estimate of drug-likeness (QED) is 0.260. The van der Waals surface area contributed by atoms with Crippen LogP contribution in [0.3, 0.4) is 0 Å². The number of rotatable bonds is 4. The van der Waals surface area contributed by atoms with E-state index in [0.717, 1.165) is 0 Å². The smallest absolute Gasteiger partial charge is 0.106 e. The molecule has 2 atom stereocenters. The number of aliphatic hydroxyl groups excluding tert-OH is 2. The highest BCUT2D eigenvalue weighted by Gasteiger charge is 2.13. The zero-order chi connectivity index (χ0) is 10.1. The molecule has 0 aromatic rings. The van der Waals surface area contributed by atoms with Crippen LogP contribution in [0.25, 0.3) is 0 Å². The van der Waals surface area contributed by atoms with Crippen molar-refractivity contribution in [3.63, 3.8) is 0 Å². The highest BCUT2D eigenvalue weighted by atomic mass is 16.4. The number of nitrogens with two attached hydrogens (primary N) is 2. The Kier molecular flexibility index (Phi) is 10.5. The molecule has 0 saturated carbocycles. The second kappa shape index (κ2) is 8.85. The molecule has 0 bridgehead atoms. The van der Waals surface area contributed by atoms with E-state index in [-0.39, 0.29) is 0 Å². The van der Waals surface area contributed by atoms with Gasteiger partial charge < -0.3 is 21.2 Å². The van der Waals surface area contributed by atoms with Gasteiger partial charge >= 0.3 is 0 Å². The molecule has 6 nitrogen and oxygen atoms in total. The van der Waals surface area contributed by atoms with Crippen molar-refractivity contribution in [1.82, 2.24) is 4.90 Å². The summed E-state index contributed by atoms with van der Waals surface area (Å²) in [5.74, 6) is 3.50. The molecule has 0 amide bonds. The summed E-state index contributed by atoms with van der Waals surface area (Å²) in [5.41, 5.74) is 5.24. The largest absolute Gasteiger partial charge is 0.379 e. The van der Waals surface area contributed by atoms with Gasteiger partial charge in [-0.3, -0.25) is 4.90 Å². The Morgan fingerprint density at radius 2 is 1.50 bits per heavy atom. The van der Waals surface area contributed by atoms with Crippen LogP contribution in [0.2, 0.25) is 0 Å². The molecule has 0 aliphatic carbocycles. The van der Waals surface area contributed by atoms with Crippen molar-refractivity contribution in [2.75, 3.05) is 13.1 Å². The highest BCUT2D eigenvalue weighted by Crippen LogP contribution is 1.98. The highest BCUT2D eigenvalue weighted by molar-refractivity contribution is 4.58. The van der Waals surface area contributed by atoms with E-state index in [1.807, 2.05) is 0 Å². The fourth-order valence-corrected chi connectivity index (χ4v) is 0.835. The van der Waals surface area contributed by atoms with Crippen LogP contribution in [0.5, 0.6) is 0 Å². The maximum atomic E-state index is 9.02. The first-order valence-electron chi connectivity index (χ1n) is 3.67. The molecule has 2 unspecified atom stereocenters. The van der Waals surface area contributed by atoms with Crippen molar-refractivity contribution in [1.29, 1.82) is 0 Å². The third kappa shape index (κ3) is 6.47.